The average Bonchev–Trinajstić information content (AvgIpc) is 2.82. The van der Waals surface area contributed by atoms with Crippen molar-refractivity contribution < 1.29 is 9.90 Å². The van der Waals surface area contributed by atoms with Gasteiger partial charge in [-0.05, 0) is 23.8 Å². The second-order valence-corrected chi connectivity index (χ2v) is 5.54. The first-order valence-electron chi connectivity index (χ1n) is 6.35. The fraction of sp³-hybridized carbons (Fsp3) is 0.200. The second kappa shape index (κ2) is 6.58. The van der Waals surface area contributed by atoms with Crippen molar-refractivity contribution >= 4 is 33.7 Å². The van der Waals surface area contributed by atoms with E-state index in [9.17, 15) is 4.79 Å². The molecule has 0 aliphatic rings. The Kier molecular flexibility index (Phi) is 4.80. The first-order chi connectivity index (χ1) is 9.97. The van der Waals surface area contributed by atoms with Gasteiger partial charge in [0.05, 0.1) is 6.54 Å². The lowest BCUT2D eigenvalue weighted by Gasteiger charge is -2.19. The van der Waals surface area contributed by atoms with Crippen LogP contribution in [0, 0.1) is 0 Å². The van der Waals surface area contributed by atoms with Gasteiger partial charge >= 0.3 is 5.97 Å². The fourth-order valence-electron chi connectivity index (χ4n) is 1.90. The highest BCUT2D eigenvalue weighted by molar-refractivity contribution is 9.10. The summed E-state index contributed by atoms with van der Waals surface area (Å²) in [6.07, 6.45) is 6.38. The lowest BCUT2D eigenvalue weighted by molar-refractivity contribution is -0.131. The molecule has 2 aromatic rings. The third-order valence-electron chi connectivity index (χ3n) is 3.13. The maximum atomic E-state index is 10.5. The Morgan fingerprint density at radius 2 is 2.29 bits per heavy atom. The molecule has 110 valence electrons. The Morgan fingerprint density at radius 1 is 1.52 bits per heavy atom. The van der Waals surface area contributed by atoms with Crippen molar-refractivity contribution in [2.45, 2.75) is 6.54 Å². The topological polar surface area (TPSA) is 58.4 Å². The van der Waals surface area contributed by atoms with Crippen LogP contribution in [0.15, 0.2) is 41.1 Å². The number of carboxylic acids is 1. The van der Waals surface area contributed by atoms with E-state index in [2.05, 4.69) is 25.8 Å². The Morgan fingerprint density at radius 3 is 2.86 bits per heavy atom. The van der Waals surface area contributed by atoms with Crippen LogP contribution < -0.4 is 4.90 Å². The van der Waals surface area contributed by atoms with Gasteiger partial charge in [0.15, 0.2) is 0 Å². The van der Waals surface area contributed by atoms with E-state index in [1.165, 1.54) is 0 Å². The molecule has 1 N–H and O–H groups in total. The molecule has 0 unspecified atom stereocenters. The van der Waals surface area contributed by atoms with Crippen molar-refractivity contribution in [3.8, 4) is 0 Å². The van der Waals surface area contributed by atoms with Crippen LogP contribution in [-0.2, 0) is 18.4 Å². The van der Waals surface area contributed by atoms with Crippen molar-refractivity contribution in [1.29, 1.82) is 0 Å². The second-order valence-electron chi connectivity index (χ2n) is 4.69. The molecule has 6 heteroatoms. The number of rotatable bonds is 5. The summed E-state index contributed by atoms with van der Waals surface area (Å²) in [5.41, 5.74) is 1.85. The zero-order chi connectivity index (χ0) is 15.4. The predicted octanol–water partition coefficient (Wildman–Crippen LogP) is 2.92. The standard InChI is InChI=1S/C15H16BrN3O2/c1-18-8-7-17-14(18)10-19(2)12-5-3-11(13(16)9-12)4-6-15(20)21/h3-9H,10H2,1-2H3,(H,20,21)/b6-4+. The van der Waals surface area contributed by atoms with Crippen molar-refractivity contribution in [3.63, 3.8) is 0 Å². The smallest absolute Gasteiger partial charge is 0.328 e. The number of imidazole rings is 1. The lowest BCUT2D eigenvalue weighted by Crippen LogP contribution is -2.18. The molecule has 0 atom stereocenters. The van der Waals surface area contributed by atoms with E-state index in [0.29, 0.717) is 6.54 Å². The van der Waals surface area contributed by atoms with Gasteiger partial charge in [0, 0.05) is 42.7 Å². The van der Waals surface area contributed by atoms with E-state index in [4.69, 9.17) is 5.11 Å². The van der Waals surface area contributed by atoms with E-state index >= 15 is 0 Å². The summed E-state index contributed by atoms with van der Waals surface area (Å²) < 4.78 is 2.83. The quantitative estimate of drug-likeness (QED) is 0.843. The normalized spacial score (nSPS) is 11.0. The van der Waals surface area contributed by atoms with Gasteiger partial charge in [0.25, 0.3) is 0 Å². The summed E-state index contributed by atoms with van der Waals surface area (Å²) in [6, 6.07) is 5.80. The molecule has 0 saturated heterocycles. The lowest BCUT2D eigenvalue weighted by atomic mass is 10.2. The Labute approximate surface area is 131 Å². The van der Waals surface area contributed by atoms with Gasteiger partial charge < -0.3 is 14.6 Å². The Balaban J connectivity index is 2.15. The molecule has 1 heterocycles. The molecule has 0 aliphatic heterocycles. The van der Waals surface area contributed by atoms with Gasteiger partial charge in [-0.3, -0.25) is 0 Å². The zero-order valence-electron chi connectivity index (χ0n) is 11.8. The summed E-state index contributed by atoms with van der Waals surface area (Å²) in [5, 5.41) is 8.66. The first-order valence-corrected chi connectivity index (χ1v) is 7.14. The molecule has 0 bridgehead atoms. The van der Waals surface area contributed by atoms with Crippen LogP contribution in [0.3, 0.4) is 0 Å². The molecule has 0 saturated carbocycles. The van der Waals surface area contributed by atoms with Crippen LogP contribution in [0.25, 0.3) is 6.08 Å². The van der Waals surface area contributed by atoms with E-state index in [0.717, 1.165) is 27.6 Å². The summed E-state index contributed by atoms with van der Waals surface area (Å²) in [6.45, 7) is 0.695. The maximum Gasteiger partial charge on any atom is 0.328 e. The van der Waals surface area contributed by atoms with Crippen LogP contribution in [0.2, 0.25) is 0 Å². The van der Waals surface area contributed by atoms with Crippen molar-refractivity contribution in [3.05, 3.63) is 52.5 Å². The Hall–Kier alpha value is -2.08. The molecule has 0 spiro atoms. The number of aryl methyl sites for hydroxylation is 1. The highest BCUT2D eigenvalue weighted by Crippen LogP contribution is 2.25. The minimum absolute atomic E-state index is 0.695. The first kappa shape index (κ1) is 15.3. The molecule has 1 aromatic heterocycles. The molecule has 0 fully saturated rings. The van der Waals surface area contributed by atoms with Gasteiger partial charge in [0.2, 0.25) is 0 Å². The summed E-state index contributed by atoms with van der Waals surface area (Å²) >= 11 is 3.47. The number of carbonyl (C=O) groups is 1. The van der Waals surface area contributed by atoms with Crippen LogP contribution >= 0.6 is 15.9 Å². The van der Waals surface area contributed by atoms with Gasteiger partial charge in [0.1, 0.15) is 5.82 Å². The third kappa shape index (κ3) is 3.95. The maximum absolute atomic E-state index is 10.5. The van der Waals surface area contributed by atoms with Crippen molar-refractivity contribution in [2.75, 3.05) is 11.9 Å². The highest BCUT2D eigenvalue weighted by Gasteiger charge is 2.07. The van der Waals surface area contributed by atoms with Crippen LogP contribution in [0.4, 0.5) is 5.69 Å². The molecule has 0 aliphatic carbocycles. The highest BCUT2D eigenvalue weighted by atomic mass is 79.9. The van der Waals surface area contributed by atoms with E-state index in [-0.39, 0.29) is 0 Å². The predicted molar refractivity (Wildman–Crippen MR) is 86.1 cm³/mol. The third-order valence-corrected chi connectivity index (χ3v) is 3.82. The molecule has 1 aromatic carbocycles. The molecule has 0 radical (unpaired) electrons. The molecule has 5 nitrogen and oxygen atoms in total. The van der Waals surface area contributed by atoms with Gasteiger partial charge in [-0.15, -0.1) is 0 Å². The SMILES string of the molecule is CN(Cc1nccn1C)c1ccc(/C=C/C(=O)O)c(Br)c1. The number of aliphatic carboxylic acids is 1. The van der Waals surface area contributed by atoms with Crippen LogP contribution in [0.5, 0.6) is 0 Å². The summed E-state index contributed by atoms with van der Waals surface area (Å²) in [4.78, 5) is 16.9. The number of carboxylic acid groups (broad SMARTS) is 1. The summed E-state index contributed by atoms with van der Waals surface area (Å²) in [7, 11) is 3.95. The largest absolute Gasteiger partial charge is 0.478 e. The van der Waals surface area contributed by atoms with Crippen LogP contribution in [0.1, 0.15) is 11.4 Å². The number of aromatic nitrogens is 2. The monoisotopic (exact) mass is 349 g/mol. The minimum atomic E-state index is -0.960. The van der Waals surface area contributed by atoms with Crippen molar-refractivity contribution in [1.82, 2.24) is 9.55 Å². The van der Waals surface area contributed by atoms with Gasteiger partial charge in [-0.25, -0.2) is 9.78 Å². The molecule has 0 amide bonds. The number of halogens is 1. The number of benzene rings is 1. The van der Waals surface area contributed by atoms with Crippen molar-refractivity contribution in [2.24, 2.45) is 7.05 Å². The molecule has 21 heavy (non-hydrogen) atoms. The van der Waals surface area contributed by atoms with E-state index in [1.807, 2.05) is 43.1 Å². The molecule has 2 rings (SSSR count). The van der Waals surface area contributed by atoms with Gasteiger partial charge in [-0.2, -0.15) is 0 Å². The number of hydrogen-bond donors (Lipinski definition) is 1. The Bertz CT molecular complexity index is 679. The van der Waals surface area contributed by atoms with E-state index in [1.54, 1.807) is 12.3 Å². The number of hydrogen-bond acceptors (Lipinski definition) is 3. The molecular formula is C15H16BrN3O2. The number of nitrogens with zero attached hydrogens (tertiary/aromatic N) is 3. The van der Waals surface area contributed by atoms with Gasteiger partial charge in [-0.1, -0.05) is 22.0 Å². The fourth-order valence-corrected chi connectivity index (χ4v) is 2.40. The zero-order valence-corrected chi connectivity index (χ0v) is 13.4. The average molecular weight is 350 g/mol. The molecular weight excluding hydrogens is 334 g/mol. The minimum Gasteiger partial charge on any atom is -0.478 e. The van der Waals surface area contributed by atoms with Crippen LogP contribution in [-0.4, -0.2) is 27.7 Å². The summed E-state index contributed by atoms with van der Waals surface area (Å²) in [5.74, 6) is 0.0151. The van der Waals surface area contributed by atoms with E-state index < -0.39 is 5.97 Å². The number of anilines is 1.